The van der Waals surface area contributed by atoms with E-state index >= 15 is 0 Å². The zero-order valence-electron chi connectivity index (χ0n) is 9.21. The highest BCUT2D eigenvalue weighted by Crippen LogP contribution is 2.49. The molecule has 1 amide bonds. The minimum atomic E-state index is -0.807. The van der Waals surface area contributed by atoms with E-state index in [4.69, 9.17) is 5.11 Å². The molecular formula is C11H19NO3. The minimum Gasteiger partial charge on any atom is -0.481 e. The molecule has 0 radical (unpaired) electrons. The second-order valence-corrected chi connectivity index (χ2v) is 4.28. The molecule has 4 heteroatoms. The largest absolute Gasteiger partial charge is 0.481 e. The molecule has 0 aliphatic heterocycles. The normalized spacial score (nSPS) is 17.1. The molecule has 0 unspecified atom stereocenters. The van der Waals surface area contributed by atoms with Crippen molar-refractivity contribution in [2.45, 2.75) is 45.4 Å². The van der Waals surface area contributed by atoms with Crippen molar-refractivity contribution in [2.24, 2.45) is 5.41 Å². The average molecular weight is 213 g/mol. The summed E-state index contributed by atoms with van der Waals surface area (Å²) in [6, 6.07) is 0. The van der Waals surface area contributed by atoms with E-state index in [-0.39, 0.29) is 17.7 Å². The zero-order chi connectivity index (χ0) is 11.3. The first kappa shape index (κ1) is 12.0. The Labute approximate surface area is 90.0 Å². The number of aliphatic carboxylic acids is 1. The van der Waals surface area contributed by atoms with Crippen LogP contribution >= 0.6 is 0 Å². The topological polar surface area (TPSA) is 66.4 Å². The van der Waals surface area contributed by atoms with Crippen LogP contribution in [0.3, 0.4) is 0 Å². The lowest BCUT2D eigenvalue weighted by Crippen LogP contribution is -2.32. The van der Waals surface area contributed by atoms with E-state index < -0.39 is 5.97 Å². The van der Waals surface area contributed by atoms with Crippen molar-refractivity contribution in [3.8, 4) is 0 Å². The highest BCUT2D eigenvalue weighted by molar-refractivity contribution is 5.85. The van der Waals surface area contributed by atoms with E-state index in [1.165, 1.54) is 0 Å². The monoisotopic (exact) mass is 213 g/mol. The van der Waals surface area contributed by atoms with Crippen LogP contribution in [0, 0.1) is 5.41 Å². The maximum atomic E-state index is 11.7. The van der Waals surface area contributed by atoms with Crippen molar-refractivity contribution >= 4 is 11.9 Å². The number of amides is 1. The number of carbonyl (C=O) groups excluding carboxylic acids is 1. The van der Waals surface area contributed by atoms with Crippen LogP contribution in [0.5, 0.6) is 0 Å². The summed E-state index contributed by atoms with van der Waals surface area (Å²) >= 11 is 0. The number of rotatable bonds is 7. The standard InChI is InChI=1S/C11H19NO3/c1-2-5-11(6-7-11)10(15)12-8-3-4-9(13)14/h2-8H2,1H3,(H,12,15)(H,13,14). The van der Waals surface area contributed by atoms with Gasteiger partial charge >= 0.3 is 5.97 Å². The summed E-state index contributed by atoms with van der Waals surface area (Å²) in [6.07, 6.45) is 4.61. The van der Waals surface area contributed by atoms with Crippen LogP contribution in [0.4, 0.5) is 0 Å². The van der Waals surface area contributed by atoms with E-state index in [1.807, 2.05) is 0 Å². The summed E-state index contributed by atoms with van der Waals surface area (Å²) in [5, 5.41) is 11.2. The van der Waals surface area contributed by atoms with Gasteiger partial charge in [0.15, 0.2) is 0 Å². The quantitative estimate of drug-likeness (QED) is 0.630. The lowest BCUT2D eigenvalue weighted by molar-refractivity contribution is -0.137. The molecule has 1 rings (SSSR count). The lowest BCUT2D eigenvalue weighted by Gasteiger charge is -2.13. The second kappa shape index (κ2) is 5.14. The third kappa shape index (κ3) is 3.53. The van der Waals surface area contributed by atoms with Crippen molar-refractivity contribution in [2.75, 3.05) is 6.54 Å². The molecule has 86 valence electrons. The number of nitrogens with one attached hydrogen (secondary N) is 1. The molecule has 1 aliphatic carbocycles. The van der Waals surface area contributed by atoms with Crippen LogP contribution in [0.2, 0.25) is 0 Å². The summed E-state index contributed by atoms with van der Waals surface area (Å²) in [6.45, 7) is 2.56. The van der Waals surface area contributed by atoms with Crippen molar-refractivity contribution in [3.05, 3.63) is 0 Å². The summed E-state index contributed by atoms with van der Waals surface area (Å²) in [5.74, 6) is -0.686. The Morgan fingerprint density at radius 3 is 2.53 bits per heavy atom. The third-order valence-corrected chi connectivity index (χ3v) is 2.92. The van der Waals surface area contributed by atoms with E-state index in [0.717, 1.165) is 25.7 Å². The number of carboxylic acids is 1. The van der Waals surface area contributed by atoms with Gasteiger partial charge in [-0.25, -0.2) is 0 Å². The van der Waals surface area contributed by atoms with Crippen LogP contribution in [-0.2, 0) is 9.59 Å². The first-order valence-electron chi connectivity index (χ1n) is 5.61. The van der Waals surface area contributed by atoms with Crippen LogP contribution < -0.4 is 5.32 Å². The molecule has 0 heterocycles. The maximum absolute atomic E-state index is 11.7. The second-order valence-electron chi connectivity index (χ2n) is 4.28. The fourth-order valence-corrected chi connectivity index (χ4v) is 1.85. The Hall–Kier alpha value is -1.06. The summed E-state index contributed by atoms with van der Waals surface area (Å²) in [7, 11) is 0. The fourth-order valence-electron chi connectivity index (χ4n) is 1.85. The smallest absolute Gasteiger partial charge is 0.303 e. The van der Waals surface area contributed by atoms with Crippen molar-refractivity contribution in [1.29, 1.82) is 0 Å². The van der Waals surface area contributed by atoms with E-state index in [1.54, 1.807) is 0 Å². The van der Waals surface area contributed by atoms with Gasteiger partial charge in [-0.05, 0) is 25.7 Å². The van der Waals surface area contributed by atoms with E-state index in [2.05, 4.69) is 12.2 Å². The van der Waals surface area contributed by atoms with Crippen LogP contribution in [0.25, 0.3) is 0 Å². The Kier molecular flexibility index (Phi) is 4.12. The predicted octanol–water partition coefficient (Wildman–Crippen LogP) is 1.55. The van der Waals surface area contributed by atoms with Gasteiger partial charge < -0.3 is 10.4 Å². The van der Waals surface area contributed by atoms with Crippen LogP contribution in [-0.4, -0.2) is 23.5 Å². The molecule has 15 heavy (non-hydrogen) atoms. The van der Waals surface area contributed by atoms with Gasteiger partial charge in [0.25, 0.3) is 0 Å². The minimum absolute atomic E-state index is 0.0992. The SMILES string of the molecule is CCCC1(C(=O)NCCCC(=O)O)CC1. The first-order valence-corrected chi connectivity index (χ1v) is 5.61. The van der Waals surface area contributed by atoms with Crippen molar-refractivity contribution in [3.63, 3.8) is 0 Å². The highest BCUT2D eigenvalue weighted by Gasteiger charge is 2.48. The van der Waals surface area contributed by atoms with Gasteiger partial charge in [0, 0.05) is 18.4 Å². The fraction of sp³-hybridized carbons (Fsp3) is 0.818. The number of hydrogen-bond donors (Lipinski definition) is 2. The van der Waals surface area contributed by atoms with Gasteiger partial charge in [0.1, 0.15) is 0 Å². The molecule has 2 N–H and O–H groups in total. The Morgan fingerprint density at radius 2 is 2.07 bits per heavy atom. The van der Waals surface area contributed by atoms with Crippen molar-refractivity contribution < 1.29 is 14.7 Å². The molecule has 1 fully saturated rings. The molecular weight excluding hydrogens is 194 g/mol. The molecule has 0 aromatic carbocycles. The molecule has 0 aromatic heterocycles. The first-order chi connectivity index (χ1) is 7.10. The predicted molar refractivity (Wildman–Crippen MR) is 56.5 cm³/mol. The molecule has 0 saturated heterocycles. The maximum Gasteiger partial charge on any atom is 0.303 e. The highest BCUT2D eigenvalue weighted by atomic mass is 16.4. The molecule has 0 atom stereocenters. The van der Waals surface area contributed by atoms with Gasteiger partial charge in [0.05, 0.1) is 0 Å². The Balaban J connectivity index is 2.16. The van der Waals surface area contributed by atoms with Gasteiger partial charge in [-0.3, -0.25) is 9.59 Å². The summed E-state index contributed by atoms with van der Waals surface area (Å²) in [4.78, 5) is 21.9. The van der Waals surface area contributed by atoms with Crippen molar-refractivity contribution in [1.82, 2.24) is 5.32 Å². The molecule has 0 aromatic rings. The van der Waals surface area contributed by atoms with Crippen LogP contribution in [0.15, 0.2) is 0 Å². The molecule has 0 bridgehead atoms. The van der Waals surface area contributed by atoms with Gasteiger partial charge in [0.2, 0.25) is 5.91 Å². The number of carboxylic acid groups (broad SMARTS) is 1. The third-order valence-electron chi connectivity index (χ3n) is 2.92. The zero-order valence-corrected chi connectivity index (χ0v) is 9.21. The number of carbonyl (C=O) groups is 2. The number of hydrogen-bond acceptors (Lipinski definition) is 2. The van der Waals surface area contributed by atoms with E-state index in [9.17, 15) is 9.59 Å². The van der Waals surface area contributed by atoms with Gasteiger partial charge in [-0.2, -0.15) is 0 Å². The Morgan fingerprint density at radius 1 is 1.40 bits per heavy atom. The molecule has 1 aliphatic rings. The molecule has 0 spiro atoms. The summed E-state index contributed by atoms with van der Waals surface area (Å²) in [5.41, 5.74) is -0.0992. The van der Waals surface area contributed by atoms with Gasteiger partial charge in [-0.1, -0.05) is 13.3 Å². The summed E-state index contributed by atoms with van der Waals surface area (Å²) < 4.78 is 0. The van der Waals surface area contributed by atoms with E-state index in [0.29, 0.717) is 13.0 Å². The van der Waals surface area contributed by atoms with Gasteiger partial charge in [-0.15, -0.1) is 0 Å². The Bertz CT molecular complexity index is 246. The average Bonchev–Trinajstić information content (AvgIpc) is 2.93. The molecule has 4 nitrogen and oxygen atoms in total. The van der Waals surface area contributed by atoms with Crippen LogP contribution in [0.1, 0.15) is 45.4 Å². The molecule has 1 saturated carbocycles. The lowest BCUT2D eigenvalue weighted by atomic mass is 10.00.